The van der Waals surface area contributed by atoms with Gasteiger partial charge >= 0.3 is 0 Å². The SMILES string of the molecule is Cc1ccccc1C(C)c1ccc(O)c(C(C)c2ccccc2C)c1C(C)c1ccccc1C. The minimum Gasteiger partial charge on any atom is -0.508 e. The number of benzene rings is 4. The van der Waals surface area contributed by atoms with Crippen LogP contribution in [0.2, 0.25) is 0 Å². The average molecular weight is 449 g/mol. The number of phenols is 1. The average Bonchev–Trinajstić information content (AvgIpc) is 2.83. The monoisotopic (exact) mass is 448 g/mol. The van der Waals surface area contributed by atoms with Crippen molar-refractivity contribution in [3.63, 3.8) is 0 Å². The van der Waals surface area contributed by atoms with Crippen molar-refractivity contribution < 1.29 is 5.11 Å². The van der Waals surface area contributed by atoms with E-state index in [1.165, 1.54) is 44.5 Å². The van der Waals surface area contributed by atoms with Crippen molar-refractivity contribution in [3.8, 4) is 5.75 Å². The van der Waals surface area contributed by atoms with Crippen LogP contribution in [0.4, 0.5) is 0 Å². The Hall–Kier alpha value is -3.32. The van der Waals surface area contributed by atoms with Gasteiger partial charge in [0.05, 0.1) is 0 Å². The van der Waals surface area contributed by atoms with E-state index in [2.05, 4.69) is 120 Å². The Balaban J connectivity index is 1.99. The molecule has 34 heavy (non-hydrogen) atoms. The Morgan fingerprint density at radius 3 is 1.26 bits per heavy atom. The van der Waals surface area contributed by atoms with Gasteiger partial charge in [0.25, 0.3) is 0 Å². The fourth-order valence-corrected chi connectivity index (χ4v) is 5.65. The molecule has 0 fully saturated rings. The highest BCUT2D eigenvalue weighted by atomic mass is 16.3. The van der Waals surface area contributed by atoms with E-state index in [4.69, 9.17) is 0 Å². The molecule has 3 atom stereocenters. The lowest BCUT2D eigenvalue weighted by Crippen LogP contribution is -2.13. The molecule has 0 aliphatic rings. The molecule has 1 nitrogen and oxygen atoms in total. The topological polar surface area (TPSA) is 20.2 Å². The Kier molecular flexibility index (Phi) is 6.93. The maximum Gasteiger partial charge on any atom is 0.119 e. The van der Waals surface area contributed by atoms with Crippen LogP contribution in [0.5, 0.6) is 5.75 Å². The largest absolute Gasteiger partial charge is 0.508 e. The minimum absolute atomic E-state index is 0.0756. The fraction of sp³-hybridized carbons (Fsp3) is 0.273. The third-order valence-corrected chi connectivity index (χ3v) is 7.60. The second kappa shape index (κ2) is 9.89. The highest BCUT2D eigenvalue weighted by Gasteiger charge is 2.28. The van der Waals surface area contributed by atoms with Crippen LogP contribution < -0.4 is 0 Å². The van der Waals surface area contributed by atoms with E-state index in [-0.39, 0.29) is 17.8 Å². The van der Waals surface area contributed by atoms with Crippen molar-refractivity contribution in [2.24, 2.45) is 0 Å². The number of aromatic hydroxyl groups is 1. The van der Waals surface area contributed by atoms with E-state index < -0.39 is 0 Å². The number of hydrogen-bond acceptors (Lipinski definition) is 1. The Morgan fingerprint density at radius 1 is 0.441 bits per heavy atom. The standard InChI is InChI=1S/C33H36O/c1-21-13-7-10-16-27(21)24(4)30-19-20-31(34)33(26(6)29-18-12-9-15-23(29)3)32(30)25(5)28-17-11-8-14-22(28)2/h7-20,24-26,34H,1-6H3. The molecule has 0 heterocycles. The van der Waals surface area contributed by atoms with E-state index in [1.807, 2.05) is 6.07 Å². The summed E-state index contributed by atoms with van der Waals surface area (Å²) in [5.74, 6) is 0.820. The maximum atomic E-state index is 11.3. The first-order valence-electron chi connectivity index (χ1n) is 12.3. The van der Waals surface area contributed by atoms with Gasteiger partial charge in [0.2, 0.25) is 0 Å². The van der Waals surface area contributed by atoms with Crippen molar-refractivity contribution in [3.05, 3.63) is 135 Å². The molecule has 174 valence electrons. The lowest BCUT2D eigenvalue weighted by atomic mass is 9.75. The lowest BCUT2D eigenvalue weighted by molar-refractivity contribution is 0.463. The van der Waals surface area contributed by atoms with Gasteiger partial charge in [0, 0.05) is 23.3 Å². The van der Waals surface area contributed by atoms with Gasteiger partial charge in [-0.2, -0.15) is 0 Å². The van der Waals surface area contributed by atoms with Crippen LogP contribution in [0.3, 0.4) is 0 Å². The van der Waals surface area contributed by atoms with Gasteiger partial charge in [-0.05, 0) is 71.3 Å². The van der Waals surface area contributed by atoms with Crippen LogP contribution in [-0.2, 0) is 0 Å². The second-order valence-corrected chi connectivity index (χ2v) is 9.74. The van der Waals surface area contributed by atoms with Crippen molar-refractivity contribution >= 4 is 0 Å². The van der Waals surface area contributed by atoms with E-state index in [0.717, 1.165) is 5.56 Å². The molecule has 0 amide bonds. The van der Waals surface area contributed by atoms with Crippen LogP contribution in [0, 0.1) is 20.8 Å². The van der Waals surface area contributed by atoms with Gasteiger partial charge < -0.3 is 5.11 Å². The first-order valence-corrected chi connectivity index (χ1v) is 12.3. The fourth-order valence-electron chi connectivity index (χ4n) is 5.65. The summed E-state index contributed by atoms with van der Waals surface area (Å²) in [6, 6.07) is 29.9. The first kappa shape index (κ1) is 23.8. The van der Waals surface area contributed by atoms with Crippen LogP contribution in [0.1, 0.15) is 88.6 Å². The predicted molar refractivity (Wildman–Crippen MR) is 144 cm³/mol. The van der Waals surface area contributed by atoms with Crippen molar-refractivity contribution in [1.82, 2.24) is 0 Å². The Morgan fingerprint density at radius 2 is 0.824 bits per heavy atom. The lowest BCUT2D eigenvalue weighted by Gasteiger charge is -2.29. The highest BCUT2D eigenvalue weighted by Crippen LogP contribution is 2.45. The van der Waals surface area contributed by atoms with Crippen molar-refractivity contribution in [2.45, 2.75) is 59.3 Å². The summed E-state index contributed by atoms with van der Waals surface area (Å²) in [6.07, 6.45) is 0. The molecule has 1 heteroatoms. The molecule has 4 aromatic rings. The number of phenolic OH excluding ortho intramolecular Hbond substituents is 1. The zero-order valence-electron chi connectivity index (χ0n) is 21.3. The summed E-state index contributed by atoms with van der Waals surface area (Å²) < 4.78 is 0. The zero-order valence-corrected chi connectivity index (χ0v) is 21.3. The molecule has 4 rings (SSSR count). The smallest absolute Gasteiger partial charge is 0.119 e. The molecule has 0 saturated carbocycles. The van der Waals surface area contributed by atoms with Gasteiger partial charge in [-0.25, -0.2) is 0 Å². The molecule has 0 bridgehead atoms. The van der Waals surface area contributed by atoms with Gasteiger partial charge in [0.1, 0.15) is 5.75 Å². The van der Waals surface area contributed by atoms with Crippen LogP contribution in [0.15, 0.2) is 84.9 Å². The van der Waals surface area contributed by atoms with Gasteiger partial charge in [-0.15, -0.1) is 0 Å². The van der Waals surface area contributed by atoms with E-state index in [9.17, 15) is 5.11 Å². The van der Waals surface area contributed by atoms with E-state index >= 15 is 0 Å². The Labute approximate surface area is 205 Å². The molecule has 0 aromatic heterocycles. The third-order valence-electron chi connectivity index (χ3n) is 7.60. The molecule has 0 saturated heterocycles. The van der Waals surface area contributed by atoms with Crippen LogP contribution >= 0.6 is 0 Å². The van der Waals surface area contributed by atoms with Crippen LogP contribution in [-0.4, -0.2) is 5.11 Å². The molecule has 4 aromatic carbocycles. The van der Waals surface area contributed by atoms with Crippen LogP contribution in [0.25, 0.3) is 0 Å². The zero-order chi connectivity index (χ0) is 24.4. The summed E-state index contributed by atoms with van der Waals surface area (Å²) in [7, 11) is 0. The second-order valence-electron chi connectivity index (χ2n) is 9.74. The Bertz CT molecular complexity index is 1300. The summed E-state index contributed by atoms with van der Waals surface area (Å²) in [4.78, 5) is 0. The number of aryl methyl sites for hydroxylation is 3. The maximum absolute atomic E-state index is 11.3. The van der Waals surface area contributed by atoms with Gasteiger partial charge in [-0.3, -0.25) is 0 Å². The number of rotatable bonds is 6. The van der Waals surface area contributed by atoms with Crippen molar-refractivity contribution in [2.75, 3.05) is 0 Å². The predicted octanol–water partition coefficient (Wildman–Crippen LogP) is 8.77. The summed E-state index contributed by atoms with van der Waals surface area (Å²) in [5.41, 5.74) is 11.3. The summed E-state index contributed by atoms with van der Waals surface area (Å²) in [6.45, 7) is 13.3. The molecule has 3 unspecified atom stereocenters. The van der Waals surface area contributed by atoms with Gasteiger partial charge in [-0.1, -0.05) is 99.6 Å². The molecule has 0 radical (unpaired) electrons. The first-order chi connectivity index (χ1) is 16.3. The van der Waals surface area contributed by atoms with E-state index in [1.54, 1.807) is 0 Å². The van der Waals surface area contributed by atoms with Gasteiger partial charge in [0.15, 0.2) is 0 Å². The number of hydrogen-bond donors (Lipinski definition) is 1. The summed E-state index contributed by atoms with van der Waals surface area (Å²) in [5, 5.41) is 11.3. The highest BCUT2D eigenvalue weighted by molar-refractivity contribution is 5.57. The minimum atomic E-state index is 0.0756. The molecule has 1 N–H and O–H groups in total. The van der Waals surface area contributed by atoms with E-state index in [0.29, 0.717) is 5.75 Å². The normalized spacial score (nSPS) is 13.9. The van der Waals surface area contributed by atoms with Crippen molar-refractivity contribution in [1.29, 1.82) is 0 Å². The summed E-state index contributed by atoms with van der Waals surface area (Å²) >= 11 is 0. The molecular weight excluding hydrogens is 412 g/mol. The third kappa shape index (κ3) is 4.40. The molecule has 0 spiro atoms. The molecular formula is C33H36O. The molecule has 0 aliphatic heterocycles. The quantitative estimate of drug-likeness (QED) is 0.312. The molecule has 0 aliphatic carbocycles.